The van der Waals surface area contributed by atoms with Crippen LogP contribution >= 0.6 is 0 Å². The van der Waals surface area contributed by atoms with E-state index >= 15 is 0 Å². The Balaban J connectivity index is 2.15. The quantitative estimate of drug-likeness (QED) is 0.756. The van der Waals surface area contributed by atoms with Crippen LogP contribution in [-0.2, 0) is 11.4 Å². The van der Waals surface area contributed by atoms with Crippen molar-refractivity contribution in [2.45, 2.75) is 12.5 Å². The number of hydrogen-bond acceptors (Lipinski definition) is 3. The lowest BCUT2D eigenvalue weighted by atomic mass is 9.91. The van der Waals surface area contributed by atoms with Gasteiger partial charge in [0, 0.05) is 32.6 Å². The maximum atomic E-state index is 5.17. The van der Waals surface area contributed by atoms with Crippen LogP contribution in [0.2, 0.25) is 0 Å². The molecular weight excluding hydrogens is 188 g/mol. The molecule has 0 fully saturated rings. The molecule has 1 aromatic carbocycles. The number of fused-ring (bicyclic) bond motifs is 1. The molecule has 1 unspecified atom stereocenters. The number of benzene rings is 1. The summed E-state index contributed by atoms with van der Waals surface area (Å²) in [6.45, 7) is 2.95. The highest BCUT2D eigenvalue weighted by atomic mass is 16.7. The summed E-state index contributed by atoms with van der Waals surface area (Å²) >= 11 is 0. The van der Waals surface area contributed by atoms with Crippen molar-refractivity contribution >= 4 is 0 Å². The molecule has 1 N–H and O–H groups in total. The molecule has 1 heterocycles. The second-order valence-corrected chi connectivity index (χ2v) is 4.02. The summed E-state index contributed by atoms with van der Waals surface area (Å²) in [6, 6.07) is 8.64. The molecule has 0 bridgehead atoms. The summed E-state index contributed by atoms with van der Waals surface area (Å²) in [5.41, 5.74) is 2.87. The first-order valence-electron chi connectivity index (χ1n) is 5.35. The fourth-order valence-corrected chi connectivity index (χ4v) is 2.13. The average molecular weight is 206 g/mol. The molecule has 82 valence electrons. The van der Waals surface area contributed by atoms with Gasteiger partial charge in [-0.2, -0.15) is 5.06 Å². The Morgan fingerprint density at radius 3 is 3.07 bits per heavy atom. The fourth-order valence-electron chi connectivity index (χ4n) is 2.13. The van der Waals surface area contributed by atoms with Crippen LogP contribution in [0.3, 0.4) is 0 Å². The fraction of sp³-hybridized carbons (Fsp3) is 0.500. The maximum Gasteiger partial charge on any atom is 0.0575 e. The number of nitrogens with zero attached hydrogens (tertiary/aromatic N) is 1. The van der Waals surface area contributed by atoms with E-state index in [1.807, 2.05) is 12.1 Å². The smallest absolute Gasteiger partial charge is 0.0575 e. The Morgan fingerprint density at radius 1 is 1.47 bits per heavy atom. The van der Waals surface area contributed by atoms with Crippen molar-refractivity contribution in [3.05, 3.63) is 35.4 Å². The molecule has 0 aliphatic carbocycles. The van der Waals surface area contributed by atoms with Crippen LogP contribution in [-0.4, -0.2) is 32.3 Å². The minimum Gasteiger partial charge on any atom is -0.312 e. The van der Waals surface area contributed by atoms with Crippen molar-refractivity contribution in [1.29, 1.82) is 0 Å². The number of hydroxylamine groups is 2. The molecule has 0 amide bonds. The Labute approximate surface area is 91.0 Å². The zero-order valence-electron chi connectivity index (χ0n) is 9.36. The molecule has 0 aromatic heterocycles. The lowest BCUT2D eigenvalue weighted by Gasteiger charge is -2.28. The van der Waals surface area contributed by atoms with Gasteiger partial charge in [-0.3, -0.25) is 0 Å². The zero-order valence-corrected chi connectivity index (χ0v) is 9.36. The number of rotatable bonds is 3. The molecule has 15 heavy (non-hydrogen) atoms. The highest BCUT2D eigenvalue weighted by Crippen LogP contribution is 2.24. The van der Waals surface area contributed by atoms with Crippen LogP contribution in [0, 0.1) is 0 Å². The van der Waals surface area contributed by atoms with Crippen LogP contribution in [0.15, 0.2) is 24.3 Å². The van der Waals surface area contributed by atoms with E-state index in [0.717, 1.165) is 19.6 Å². The Bertz CT molecular complexity index is 327. The van der Waals surface area contributed by atoms with E-state index in [1.54, 1.807) is 7.11 Å². The second kappa shape index (κ2) is 4.75. The van der Waals surface area contributed by atoms with Gasteiger partial charge in [0.15, 0.2) is 0 Å². The standard InChI is InChI=1S/C12H18N2O/c1-14(15-2)9-11-8-13-7-10-5-3-4-6-12(10)11/h3-6,11,13H,7-9H2,1-2H3. The molecule has 2 rings (SSSR count). The van der Waals surface area contributed by atoms with Crippen LogP contribution in [0.1, 0.15) is 17.0 Å². The molecule has 0 saturated heterocycles. The van der Waals surface area contributed by atoms with Crippen molar-refractivity contribution in [3.8, 4) is 0 Å². The van der Waals surface area contributed by atoms with E-state index in [2.05, 4.69) is 29.6 Å². The topological polar surface area (TPSA) is 24.5 Å². The van der Waals surface area contributed by atoms with Gasteiger partial charge in [0.05, 0.1) is 7.11 Å². The highest BCUT2D eigenvalue weighted by molar-refractivity contribution is 5.32. The van der Waals surface area contributed by atoms with Gasteiger partial charge in [0.2, 0.25) is 0 Å². The van der Waals surface area contributed by atoms with Crippen LogP contribution in [0.4, 0.5) is 0 Å². The summed E-state index contributed by atoms with van der Waals surface area (Å²) < 4.78 is 0. The summed E-state index contributed by atoms with van der Waals surface area (Å²) in [5.74, 6) is 0.528. The van der Waals surface area contributed by atoms with Crippen molar-refractivity contribution < 1.29 is 4.84 Å². The lowest BCUT2D eigenvalue weighted by molar-refractivity contribution is -0.112. The normalized spacial score (nSPS) is 20.3. The van der Waals surface area contributed by atoms with E-state index in [0.29, 0.717) is 5.92 Å². The van der Waals surface area contributed by atoms with Gasteiger partial charge in [-0.05, 0) is 11.1 Å². The number of hydrogen-bond donors (Lipinski definition) is 1. The Morgan fingerprint density at radius 2 is 2.27 bits per heavy atom. The van der Waals surface area contributed by atoms with Gasteiger partial charge in [0.25, 0.3) is 0 Å². The summed E-state index contributed by atoms with van der Waals surface area (Å²) in [7, 11) is 3.68. The van der Waals surface area contributed by atoms with Crippen molar-refractivity contribution in [2.75, 3.05) is 27.2 Å². The van der Waals surface area contributed by atoms with Crippen molar-refractivity contribution in [3.63, 3.8) is 0 Å². The van der Waals surface area contributed by atoms with Crippen LogP contribution < -0.4 is 5.32 Å². The molecule has 1 atom stereocenters. The van der Waals surface area contributed by atoms with E-state index in [-0.39, 0.29) is 0 Å². The zero-order chi connectivity index (χ0) is 10.7. The minimum atomic E-state index is 0.528. The second-order valence-electron chi connectivity index (χ2n) is 4.02. The third-order valence-corrected chi connectivity index (χ3v) is 2.99. The predicted molar refractivity (Wildman–Crippen MR) is 60.5 cm³/mol. The SMILES string of the molecule is CON(C)CC1CNCc2ccccc21. The van der Waals surface area contributed by atoms with Crippen molar-refractivity contribution in [1.82, 2.24) is 10.4 Å². The Hall–Kier alpha value is -0.900. The van der Waals surface area contributed by atoms with E-state index < -0.39 is 0 Å². The first-order chi connectivity index (χ1) is 7.31. The summed E-state index contributed by atoms with van der Waals surface area (Å²) in [6.07, 6.45) is 0. The molecule has 1 aliphatic heterocycles. The van der Waals surface area contributed by atoms with Gasteiger partial charge in [-0.15, -0.1) is 0 Å². The van der Waals surface area contributed by atoms with Gasteiger partial charge < -0.3 is 10.2 Å². The third-order valence-electron chi connectivity index (χ3n) is 2.99. The van der Waals surface area contributed by atoms with Gasteiger partial charge in [0.1, 0.15) is 0 Å². The van der Waals surface area contributed by atoms with Gasteiger partial charge in [-0.1, -0.05) is 24.3 Å². The largest absolute Gasteiger partial charge is 0.312 e. The van der Waals surface area contributed by atoms with E-state index in [1.165, 1.54) is 11.1 Å². The maximum absolute atomic E-state index is 5.17. The van der Waals surface area contributed by atoms with E-state index in [4.69, 9.17) is 4.84 Å². The predicted octanol–water partition coefficient (Wildman–Crippen LogP) is 1.37. The van der Waals surface area contributed by atoms with Crippen LogP contribution in [0.25, 0.3) is 0 Å². The highest BCUT2D eigenvalue weighted by Gasteiger charge is 2.20. The molecule has 0 saturated carbocycles. The number of nitrogens with one attached hydrogen (secondary N) is 1. The molecule has 0 radical (unpaired) electrons. The molecule has 0 spiro atoms. The number of likely N-dealkylation sites (N-methyl/N-ethyl adjacent to an activating group) is 1. The summed E-state index contributed by atoms with van der Waals surface area (Å²) in [4.78, 5) is 5.17. The molecule has 1 aliphatic rings. The Kier molecular flexibility index (Phi) is 3.36. The lowest BCUT2D eigenvalue weighted by Crippen LogP contribution is -2.34. The van der Waals surface area contributed by atoms with Crippen LogP contribution in [0.5, 0.6) is 0 Å². The monoisotopic (exact) mass is 206 g/mol. The molecular formula is C12H18N2O. The summed E-state index contributed by atoms with van der Waals surface area (Å²) in [5, 5.41) is 5.32. The van der Waals surface area contributed by atoms with Crippen molar-refractivity contribution in [2.24, 2.45) is 0 Å². The van der Waals surface area contributed by atoms with Gasteiger partial charge >= 0.3 is 0 Å². The van der Waals surface area contributed by atoms with Gasteiger partial charge in [-0.25, -0.2) is 0 Å². The molecule has 3 heteroatoms. The first kappa shape index (κ1) is 10.6. The molecule has 1 aromatic rings. The third kappa shape index (κ3) is 2.37. The first-order valence-corrected chi connectivity index (χ1v) is 5.35. The molecule has 3 nitrogen and oxygen atoms in total. The minimum absolute atomic E-state index is 0.528. The van der Waals surface area contributed by atoms with E-state index in [9.17, 15) is 0 Å². The average Bonchev–Trinajstić information content (AvgIpc) is 2.29.